The number of hydrogen-bond acceptors (Lipinski definition) is 5. The van der Waals surface area contributed by atoms with Gasteiger partial charge in [-0.25, -0.2) is 9.97 Å². The van der Waals surface area contributed by atoms with E-state index in [1.807, 2.05) is 72.2 Å². The van der Waals surface area contributed by atoms with Crippen molar-refractivity contribution in [2.45, 2.75) is 13.5 Å². The van der Waals surface area contributed by atoms with E-state index in [0.717, 1.165) is 28.0 Å². The van der Waals surface area contributed by atoms with Crippen molar-refractivity contribution < 1.29 is 14.3 Å². The maximum absolute atomic E-state index is 12.7. The summed E-state index contributed by atoms with van der Waals surface area (Å²) in [6.45, 7) is 3.06. The quantitative estimate of drug-likeness (QED) is 0.506. The Hall–Kier alpha value is -4.13. The molecule has 0 atom stereocenters. The van der Waals surface area contributed by atoms with Gasteiger partial charge in [-0.05, 0) is 42.8 Å². The Labute approximate surface area is 185 Å². The largest absolute Gasteiger partial charge is 0.490 e. The average Bonchev–Trinajstić information content (AvgIpc) is 3.27. The number of amides is 1. The molecular weight excluding hydrogens is 404 g/mol. The predicted molar refractivity (Wildman–Crippen MR) is 122 cm³/mol. The van der Waals surface area contributed by atoms with Gasteiger partial charge in [-0.1, -0.05) is 30.3 Å². The standard InChI is InChI=1S/C25H22N4O3/c1-2-31-22-9-5-6-18-12-19(15-32-24(18)22)25(30)27-14-17-10-11-23(26-13-17)29-16-28-20-7-3-4-8-21(20)29/h3-13,16H,2,14-15H2,1H3,(H,27,30). The molecule has 0 saturated carbocycles. The maximum atomic E-state index is 12.7. The van der Waals surface area contributed by atoms with Crippen LogP contribution in [-0.2, 0) is 11.3 Å². The van der Waals surface area contributed by atoms with E-state index >= 15 is 0 Å². The Bertz CT molecular complexity index is 1310. The van der Waals surface area contributed by atoms with Crippen LogP contribution in [0.15, 0.2) is 72.7 Å². The van der Waals surface area contributed by atoms with Gasteiger partial charge in [0.05, 0.1) is 23.2 Å². The van der Waals surface area contributed by atoms with Crippen LogP contribution in [0.1, 0.15) is 18.1 Å². The number of para-hydroxylation sites is 3. The van der Waals surface area contributed by atoms with E-state index in [1.54, 1.807) is 12.5 Å². The van der Waals surface area contributed by atoms with Crippen molar-refractivity contribution in [3.63, 3.8) is 0 Å². The number of carbonyl (C=O) groups is 1. The number of fused-ring (bicyclic) bond motifs is 2. The van der Waals surface area contributed by atoms with Crippen molar-refractivity contribution in [3.8, 4) is 17.3 Å². The molecule has 0 radical (unpaired) electrons. The lowest BCUT2D eigenvalue weighted by Crippen LogP contribution is -2.28. The highest BCUT2D eigenvalue weighted by Gasteiger charge is 2.20. The Morgan fingerprint density at radius 3 is 2.88 bits per heavy atom. The molecule has 0 unspecified atom stereocenters. The highest BCUT2D eigenvalue weighted by molar-refractivity contribution is 5.99. The number of hydrogen-bond donors (Lipinski definition) is 1. The van der Waals surface area contributed by atoms with Crippen LogP contribution in [0.2, 0.25) is 0 Å². The van der Waals surface area contributed by atoms with Gasteiger partial charge in [0.15, 0.2) is 11.5 Å². The summed E-state index contributed by atoms with van der Waals surface area (Å²) in [6.07, 6.45) is 5.38. The van der Waals surface area contributed by atoms with Gasteiger partial charge in [-0.2, -0.15) is 0 Å². The first kappa shape index (κ1) is 19.8. The van der Waals surface area contributed by atoms with Crippen molar-refractivity contribution in [2.24, 2.45) is 0 Å². The Kier molecular flexibility index (Phi) is 5.29. The molecule has 2 aromatic carbocycles. The third-order valence-corrected chi connectivity index (χ3v) is 5.27. The Balaban J connectivity index is 1.26. The lowest BCUT2D eigenvalue weighted by molar-refractivity contribution is -0.117. The van der Waals surface area contributed by atoms with Crippen LogP contribution in [0.25, 0.3) is 22.9 Å². The van der Waals surface area contributed by atoms with Crippen LogP contribution in [0, 0.1) is 0 Å². The molecule has 5 rings (SSSR count). The van der Waals surface area contributed by atoms with Crippen molar-refractivity contribution in [2.75, 3.05) is 13.2 Å². The molecule has 0 spiro atoms. The molecular formula is C25H22N4O3. The molecule has 1 amide bonds. The van der Waals surface area contributed by atoms with Gasteiger partial charge in [-0.15, -0.1) is 0 Å². The lowest BCUT2D eigenvalue weighted by atomic mass is 10.1. The summed E-state index contributed by atoms with van der Waals surface area (Å²) in [6, 6.07) is 17.4. The molecule has 4 aromatic rings. The number of nitrogens with one attached hydrogen (secondary N) is 1. The second kappa shape index (κ2) is 8.55. The van der Waals surface area contributed by atoms with Gasteiger partial charge in [0.1, 0.15) is 18.8 Å². The van der Waals surface area contributed by atoms with E-state index in [4.69, 9.17) is 9.47 Å². The van der Waals surface area contributed by atoms with E-state index in [-0.39, 0.29) is 12.5 Å². The van der Waals surface area contributed by atoms with E-state index in [9.17, 15) is 4.79 Å². The monoisotopic (exact) mass is 426 g/mol. The number of carbonyl (C=O) groups excluding carboxylic acids is 1. The van der Waals surface area contributed by atoms with E-state index in [2.05, 4.69) is 15.3 Å². The first-order valence-corrected chi connectivity index (χ1v) is 10.5. The molecule has 0 saturated heterocycles. The zero-order chi connectivity index (χ0) is 21.9. The molecule has 1 aliphatic rings. The average molecular weight is 426 g/mol. The van der Waals surface area contributed by atoms with Gasteiger partial charge in [-0.3, -0.25) is 9.36 Å². The summed E-state index contributed by atoms with van der Waals surface area (Å²) in [4.78, 5) is 21.6. The van der Waals surface area contributed by atoms with Gasteiger partial charge in [0.25, 0.3) is 5.91 Å². The molecule has 32 heavy (non-hydrogen) atoms. The maximum Gasteiger partial charge on any atom is 0.250 e. The number of benzene rings is 2. The molecule has 3 heterocycles. The summed E-state index contributed by atoms with van der Waals surface area (Å²) in [5.74, 6) is 1.98. The minimum Gasteiger partial charge on any atom is -0.490 e. The molecule has 0 fully saturated rings. The normalized spacial score (nSPS) is 12.6. The highest BCUT2D eigenvalue weighted by Crippen LogP contribution is 2.35. The minimum atomic E-state index is -0.165. The summed E-state index contributed by atoms with van der Waals surface area (Å²) >= 11 is 0. The third-order valence-electron chi connectivity index (χ3n) is 5.27. The van der Waals surface area contributed by atoms with E-state index in [0.29, 0.717) is 30.2 Å². The fourth-order valence-electron chi connectivity index (χ4n) is 3.68. The Morgan fingerprint density at radius 1 is 1.12 bits per heavy atom. The van der Waals surface area contributed by atoms with Gasteiger partial charge >= 0.3 is 0 Å². The molecule has 0 aliphatic carbocycles. The molecule has 7 nitrogen and oxygen atoms in total. The van der Waals surface area contributed by atoms with Gasteiger partial charge in [0.2, 0.25) is 0 Å². The molecule has 1 N–H and O–H groups in total. The zero-order valence-electron chi connectivity index (χ0n) is 17.6. The second-order valence-electron chi connectivity index (χ2n) is 7.38. The van der Waals surface area contributed by atoms with Crippen molar-refractivity contribution in [1.82, 2.24) is 19.9 Å². The van der Waals surface area contributed by atoms with Crippen molar-refractivity contribution in [1.29, 1.82) is 0 Å². The first-order chi connectivity index (χ1) is 15.7. The van der Waals surface area contributed by atoms with Crippen LogP contribution in [0.4, 0.5) is 0 Å². The fourth-order valence-corrected chi connectivity index (χ4v) is 3.68. The molecule has 1 aliphatic heterocycles. The summed E-state index contributed by atoms with van der Waals surface area (Å²) in [5.41, 5.74) is 4.23. The van der Waals surface area contributed by atoms with E-state index in [1.165, 1.54) is 0 Å². The number of rotatable bonds is 6. The first-order valence-electron chi connectivity index (χ1n) is 10.5. The molecule has 2 aromatic heterocycles. The van der Waals surface area contributed by atoms with Crippen LogP contribution in [0.5, 0.6) is 11.5 Å². The van der Waals surface area contributed by atoms with Crippen molar-refractivity contribution in [3.05, 3.63) is 83.8 Å². The number of nitrogens with zero attached hydrogens (tertiary/aromatic N) is 3. The third kappa shape index (κ3) is 3.80. The lowest BCUT2D eigenvalue weighted by Gasteiger charge is -2.20. The number of aromatic nitrogens is 3. The summed E-state index contributed by atoms with van der Waals surface area (Å²) in [7, 11) is 0. The predicted octanol–water partition coefficient (Wildman–Crippen LogP) is 3.91. The van der Waals surface area contributed by atoms with Crippen LogP contribution in [-0.4, -0.2) is 33.7 Å². The zero-order valence-corrected chi connectivity index (χ0v) is 17.6. The van der Waals surface area contributed by atoms with Gasteiger partial charge in [0, 0.05) is 18.3 Å². The summed E-state index contributed by atoms with van der Waals surface area (Å²) < 4.78 is 13.3. The number of ether oxygens (including phenoxy) is 2. The van der Waals surface area contributed by atoms with Crippen molar-refractivity contribution >= 4 is 23.0 Å². The molecule has 7 heteroatoms. The Morgan fingerprint density at radius 2 is 2.03 bits per heavy atom. The topological polar surface area (TPSA) is 78.3 Å². The van der Waals surface area contributed by atoms with Gasteiger partial charge < -0.3 is 14.8 Å². The number of pyridine rings is 1. The second-order valence-corrected chi connectivity index (χ2v) is 7.38. The van der Waals surface area contributed by atoms with Crippen LogP contribution < -0.4 is 14.8 Å². The smallest absolute Gasteiger partial charge is 0.250 e. The van der Waals surface area contributed by atoms with E-state index < -0.39 is 0 Å². The number of imidazole rings is 1. The van der Waals surface area contributed by atoms with Crippen LogP contribution >= 0.6 is 0 Å². The van der Waals surface area contributed by atoms with Crippen LogP contribution in [0.3, 0.4) is 0 Å². The molecule has 0 bridgehead atoms. The highest BCUT2D eigenvalue weighted by atomic mass is 16.5. The SMILES string of the molecule is CCOc1cccc2c1OCC(C(=O)NCc1ccc(-n3cnc4ccccc43)nc1)=C2. The summed E-state index contributed by atoms with van der Waals surface area (Å²) in [5, 5.41) is 2.95. The fraction of sp³-hybridized carbons (Fsp3) is 0.160. The molecule has 160 valence electrons. The minimum absolute atomic E-state index is 0.165.